The van der Waals surface area contributed by atoms with E-state index in [0.717, 1.165) is 12.2 Å². The Morgan fingerprint density at radius 3 is 1.26 bits per heavy atom. The highest BCUT2D eigenvalue weighted by molar-refractivity contribution is 5.81. The lowest BCUT2D eigenvalue weighted by Gasteiger charge is -2.20. The second-order valence-corrected chi connectivity index (χ2v) is 7.87. The van der Waals surface area contributed by atoms with Crippen LogP contribution in [-0.2, 0) is 19.1 Å². The van der Waals surface area contributed by atoms with Gasteiger partial charge in [0.05, 0.1) is 0 Å². The molecule has 0 aliphatic rings. The maximum absolute atomic E-state index is 11.8. The lowest BCUT2D eigenvalue weighted by molar-refractivity contribution is -0.146. The first-order valence-corrected chi connectivity index (χ1v) is 11.9. The van der Waals surface area contributed by atoms with Gasteiger partial charge >= 0.3 is 11.9 Å². The predicted octanol–water partition coefficient (Wildman–Crippen LogP) is 4.80. The number of rotatable bonds is 16. The van der Waals surface area contributed by atoms with Crippen LogP contribution in [0.4, 0.5) is 0 Å². The van der Waals surface area contributed by atoms with Gasteiger partial charge in [-0.25, -0.2) is 9.59 Å². The van der Waals surface area contributed by atoms with E-state index in [-0.39, 0.29) is 26.4 Å². The molecule has 0 saturated carbocycles. The van der Waals surface area contributed by atoms with Crippen molar-refractivity contribution in [1.82, 2.24) is 0 Å². The number of para-hydroxylation sites is 2. The number of ether oxygens (including phenoxy) is 6. The van der Waals surface area contributed by atoms with Crippen molar-refractivity contribution in [3.63, 3.8) is 0 Å². The Labute approximate surface area is 222 Å². The zero-order chi connectivity index (χ0) is 27.0. The lowest BCUT2D eigenvalue weighted by Crippen LogP contribution is -2.31. The Morgan fingerprint density at radius 2 is 0.895 bits per heavy atom. The SMILES string of the molecule is C=CC(=O)OC(COc1ccccc1)COc1cccc(OCC(COc2ccccc2)OC(=O)C=C)c1. The summed E-state index contributed by atoms with van der Waals surface area (Å²) in [5.41, 5.74) is 0. The van der Waals surface area contributed by atoms with Crippen molar-refractivity contribution in [1.29, 1.82) is 0 Å². The van der Waals surface area contributed by atoms with Crippen LogP contribution in [0.5, 0.6) is 23.0 Å². The topological polar surface area (TPSA) is 89.5 Å². The molecule has 38 heavy (non-hydrogen) atoms. The quantitative estimate of drug-likeness (QED) is 0.197. The Balaban J connectivity index is 1.56. The van der Waals surface area contributed by atoms with Crippen LogP contribution >= 0.6 is 0 Å². The largest absolute Gasteiger partial charge is 0.490 e. The summed E-state index contributed by atoms with van der Waals surface area (Å²) in [5.74, 6) is 1.11. The minimum absolute atomic E-state index is 0.0420. The van der Waals surface area contributed by atoms with Gasteiger partial charge in [0.2, 0.25) is 0 Å². The van der Waals surface area contributed by atoms with E-state index >= 15 is 0 Å². The minimum Gasteiger partial charge on any atom is -0.490 e. The molecule has 0 heterocycles. The van der Waals surface area contributed by atoms with Crippen LogP contribution in [0, 0.1) is 0 Å². The van der Waals surface area contributed by atoms with E-state index in [1.54, 1.807) is 48.5 Å². The summed E-state index contributed by atoms with van der Waals surface area (Å²) in [4.78, 5) is 23.5. The van der Waals surface area contributed by atoms with Crippen molar-refractivity contribution < 1.29 is 38.0 Å². The summed E-state index contributed by atoms with van der Waals surface area (Å²) in [6.07, 6.45) is 0.813. The molecule has 0 N–H and O–H groups in total. The van der Waals surface area contributed by atoms with Crippen LogP contribution in [0.15, 0.2) is 110 Å². The van der Waals surface area contributed by atoms with Crippen molar-refractivity contribution in [3.05, 3.63) is 110 Å². The highest BCUT2D eigenvalue weighted by Crippen LogP contribution is 2.21. The summed E-state index contributed by atoms with van der Waals surface area (Å²) in [6, 6.07) is 25.3. The van der Waals surface area contributed by atoms with Gasteiger partial charge in [-0.2, -0.15) is 0 Å². The second-order valence-electron chi connectivity index (χ2n) is 7.87. The van der Waals surface area contributed by atoms with E-state index in [1.807, 2.05) is 36.4 Å². The summed E-state index contributed by atoms with van der Waals surface area (Å²) in [6.45, 7) is 7.14. The third kappa shape index (κ3) is 10.1. The molecule has 0 fully saturated rings. The van der Waals surface area contributed by atoms with E-state index in [9.17, 15) is 9.59 Å². The van der Waals surface area contributed by atoms with Gasteiger partial charge in [-0.05, 0) is 36.4 Å². The van der Waals surface area contributed by atoms with Gasteiger partial charge in [0.15, 0.2) is 12.2 Å². The molecule has 0 aliphatic heterocycles. The smallest absolute Gasteiger partial charge is 0.330 e. The summed E-state index contributed by atoms with van der Waals surface area (Å²) in [7, 11) is 0. The van der Waals surface area contributed by atoms with Gasteiger partial charge in [0.1, 0.15) is 49.4 Å². The fraction of sp³-hybridized carbons (Fsp3) is 0.200. The molecule has 8 nitrogen and oxygen atoms in total. The third-order valence-corrected chi connectivity index (χ3v) is 4.93. The molecule has 0 bridgehead atoms. The van der Waals surface area contributed by atoms with Crippen LogP contribution in [0.1, 0.15) is 0 Å². The fourth-order valence-electron chi connectivity index (χ4n) is 3.10. The molecule has 8 heteroatoms. The van der Waals surface area contributed by atoms with Gasteiger partial charge in [-0.1, -0.05) is 55.6 Å². The Bertz CT molecular complexity index is 1070. The standard InChI is InChI=1S/C30H30O8/c1-3-29(31)37-27(19-33-23-12-7-5-8-13-23)21-35-25-16-11-17-26(18-25)36-22-28(38-30(32)4-2)20-34-24-14-9-6-10-15-24/h3-18,27-28H,1-2,19-22H2. The Morgan fingerprint density at radius 1 is 0.553 bits per heavy atom. The predicted molar refractivity (Wildman–Crippen MR) is 141 cm³/mol. The Kier molecular flexibility index (Phi) is 11.3. The lowest BCUT2D eigenvalue weighted by atomic mass is 10.3. The highest BCUT2D eigenvalue weighted by Gasteiger charge is 2.17. The Hall–Kier alpha value is -4.72. The van der Waals surface area contributed by atoms with Crippen LogP contribution < -0.4 is 18.9 Å². The zero-order valence-corrected chi connectivity index (χ0v) is 20.9. The summed E-state index contributed by atoms with van der Waals surface area (Å²) < 4.78 is 33.8. The van der Waals surface area contributed by atoms with E-state index in [2.05, 4.69) is 13.2 Å². The van der Waals surface area contributed by atoms with E-state index in [4.69, 9.17) is 28.4 Å². The van der Waals surface area contributed by atoms with Crippen molar-refractivity contribution in [2.45, 2.75) is 12.2 Å². The minimum atomic E-state index is -0.678. The zero-order valence-electron chi connectivity index (χ0n) is 20.9. The van der Waals surface area contributed by atoms with E-state index in [1.165, 1.54) is 0 Å². The molecule has 2 unspecified atom stereocenters. The van der Waals surface area contributed by atoms with Gasteiger partial charge in [-0.3, -0.25) is 0 Å². The molecule has 0 aliphatic carbocycles. The molecular formula is C30H30O8. The average Bonchev–Trinajstić information content (AvgIpc) is 2.96. The first kappa shape index (κ1) is 27.9. The number of hydrogen-bond donors (Lipinski definition) is 0. The van der Waals surface area contributed by atoms with Crippen molar-refractivity contribution in [2.24, 2.45) is 0 Å². The molecule has 0 radical (unpaired) electrons. The molecule has 0 spiro atoms. The molecule has 3 aromatic rings. The maximum Gasteiger partial charge on any atom is 0.330 e. The molecule has 198 valence electrons. The normalized spacial score (nSPS) is 11.8. The summed E-state index contributed by atoms with van der Waals surface area (Å²) in [5, 5.41) is 0. The van der Waals surface area contributed by atoms with Crippen molar-refractivity contribution in [2.75, 3.05) is 26.4 Å². The van der Waals surface area contributed by atoms with Crippen LogP contribution in [-0.4, -0.2) is 50.6 Å². The molecule has 3 rings (SSSR count). The van der Waals surface area contributed by atoms with Gasteiger partial charge in [-0.15, -0.1) is 0 Å². The molecule has 0 amide bonds. The highest BCUT2D eigenvalue weighted by atomic mass is 16.6. The molecule has 0 aromatic heterocycles. The van der Waals surface area contributed by atoms with Crippen LogP contribution in [0.2, 0.25) is 0 Å². The van der Waals surface area contributed by atoms with Gasteiger partial charge in [0, 0.05) is 18.2 Å². The maximum atomic E-state index is 11.8. The van der Waals surface area contributed by atoms with Crippen molar-refractivity contribution >= 4 is 11.9 Å². The number of carbonyl (C=O) groups excluding carboxylic acids is 2. The fourth-order valence-corrected chi connectivity index (χ4v) is 3.10. The molecule has 2 atom stereocenters. The monoisotopic (exact) mass is 518 g/mol. The number of esters is 2. The van der Waals surface area contributed by atoms with Crippen LogP contribution in [0.3, 0.4) is 0 Å². The second kappa shape index (κ2) is 15.4. The number of carbonyl (C=O) groups is 2. The first-order chi connectivity index (χ1) is 18.6. The van der Waals surface area contributed by atoms with Crippen LogP contribution in [0.25, 0.3) is 0 Å². The first-order valence-electron chi connectivity index (χ1n) is 11.9. The van der Waals surface area contributed by atoms with Gasteiger partial charge in [0.25, 0.3) is 0 Å². The summed E-state index contributed by atoms with van der Waals surface area (Å²) >= 11 is 0. The average molecular weight is 519 g/mol. The van der Waals surface area contributed by atoms with Gasteiger partial charge < -0.3 is 28.4 Å². The molecular weight excluding hydrogens is 488 g/mol. The number of hydrogen-bond acceptors (Lipinski definition) is 8. The van der Waals surface area contributed by atoms with E-state index < -0.39 is 24.1 Å². The van der Waals surface area contributed by atoms with E-state index in [0.29, 0.717) is 23.0 Å². The number of benzene rings is 3. The third-order valence-electron chi connectivity index (χ3n) is 4.93. The van der Waals surface area contributed by atoms with Crippen molar-refractivity contribution in [3.8, 4) is 23.0 Å². The molecule has 3 aromatic carbocycles. The molecule has 0 saturated heterocycles.